The molecule has 0 amide bonds. The number of hydrogen-bond acceptors (Lipinski definition) is 4. The minimum atomic E-state index is 0.196. The molecule has 31 heavy (non-hydrogen) atoms. The summed E-state index contributed by atoms with van der Waals surface area (Å²) in [6, 6.07) is 21.6. The number of phenols is 1. The summed E-state index contributed by atoms with van der Waals surface area (Å²) >= 11 is 1.74. The molecule has 0 fully saturated rings. The number of rotatable bonds is 1. The molecule has 7 heteroatoms. The van der Waals surface area contributed by atoms with Crippen molar-refractivity contribution >= 4 is 72.7 Å². The monoisotopic (exact) mass is 416 g/mol. The molecule has 0 atom stereocenters. The maximum absolute atomic E-state index is 10.2. The van der Waals surface area contributed by atoms with Gasteiger partial charge in [-0.05, 0) is 30.3 Å². The maximum atomic E-state index is 10.2. The molecule has 4 aromatic heterocycles. The van der Waals surface area contributed by atoms with Crippen LogP contribution in [0.1, 0.15) is 0 Å². The lowest BCUT2D eigenvalue weighted by Crippen LogP contribution is -2.03. The van der Waals surface area contributed by atoms with Crippen molar-refractivity contribution < 1.29 is 5.11 Å². The Morgan fingerprint density at radius 3 is 2.68 bits per heavy atom. The van der Waals surface area contributed by atoms with Crippen LogP contribution < -0.4 is 5.46 Å². The first-order valence-corrected chi connectivity index (χ1v) is 10.7. The van der Waals surface area contributed by atoms with Gasteiger partial charge in [-0.15, -0.1) is 11.3 Å². The number of aromatic hydroxyl groups is 1. The minimum absolute atomic E-state index is 0.196. The lowest BCUT2D eigenvalue weighted by atomic mass is 9.95. The molecule has 0 spiro atoms. The van der Waals surface area contributed by atoms with Crippen molar-refractivity contribution in [3.8, 4) is 11.6 Å². The third-order valence-electron chi connectivity index (χ3n) is 5.82. The molecular weight excluding hydrogens is 403 g/mol. The molecule has 2 radical (unpaired) electrons. The number of benzene rings is 3. The van der Waals surface area contributed by atoms with Crippen LogP contribution in [0.25, 0.3) is 53.8 Å². The summed E-state index contributed by atoms with van der Waals surface area (Å²) in [4.78, 5) is 9.66. The third-order valence-corrected chi connectivity index (χ3v) is 6.95. The third kappa shape index (κ3) is 2.21. The van der Waals surface area contributed by atoms with Crippen molar-refractivity contribution in [1.82, 2.24) is 18.9 Å². The van der Waals surface area contributed by atoms with Crippen molar-refractivity contribution in [1.29, 1.82) is 0 Å². The lowest BCUT2D eigenvalue weighted by Gasteiger charge is -2.05. The van der Waals surface area contributed by atoms with E-state index in [2.05, 4.69) is 34.7 Å². The fourth-order valence-electron chi connectivity index (χ4n) is 4.44. The summed E-state index contributed by atoms with van der Waals surface area (Å²) in [5.74, 6) is 1.65. The molecule has 0 bridgehead atoms. The summed E-state index contributed by atoms with van der Waals surface area (Å²) in [5, 5.41) is 12.6. The first-order valence-electron chi connectivity index (χ1n) is 9.87. The highest BCUT2D eigenvalue weighted by atomic mass is 32.1. The summed E-state index contributed by atoms with van der Waals surface area (Å²) in [5.41, 5.74) is 4.07. The molecule has 144 valence electrons. The summed E-state index contributed by atoms with van der Waals surface area (Å²) in [6.07, 6.45) is 1.92. The standard InChI is InChI=1S/C24H13BN4OS/c25-16-5-3-6-18-23(16)27-24-28(18)17-9-8-13(30)10-19(17)29(24)22-11-21-15(12-26-22)14-4-1-2-7-20(14)31-21/h1-12,30H. The fraction of sp³-hybridized carbons (Fsp3) is 0. The SMILES string of the molecule is [B]c1cccc2c1nc1n(-c3cc4sc5ccccc5c4cn3)c3cc(O)ccc3n21. The minimum Gasteiger partial charge on any atom is -0.508 e. The van der Waals surface area contributed by atoms with Crippen LogP contribution in [-0.2, 0) is 0 Å². The van der Waals surface area contributed by atoms with E-state index in [9.17, 15) is 5.11 Å². The van der Waals surface area contributed by atoms with Crippen LogP contribution in [0.15, 0.2) is 72.9 Å². The van der Waals surface area contributed by atoms with E-state index in [1.54, 1.807) is 23.5 Å². The van der Waals surface area contributed by atoms with Gasteiger partial charge in [0.1, 0.15) is 19.4 Å². The predicted octanol–water partition coefficient (Wildman–Crippen LogP) is 4.69. The van der Waals surface area contributed by atoms with E-state index in [0.717, 1.165) is 38.0 Å². The van der Waals surface area contributed by atoms with Gasteiger partial charge < -0.3 is 5.11 Å². The smallest absolute Gasteiger partial charge is 0.221 e. The van der Waals surface area contributed by atoms with E-state index in [4.69, 9.17) is 17.8 Å². The van der Waals surface area contributed by atoms with Gasteiger partial charge in [0.2, 0.25) is 5.78 Å². The van der Waals surface area contributed by atoms with E-state index in [-0.39, 0.29) is 5.75 Å². The first kappa shape index (κ1) is 16.9. The molecule has 4 heterocycles. The van der Waals surface area contributed by atoms with Gasteiger partial charge >= 0.3 is 0 Å². The van der Waals surface area contributed by atoms with Gasteiger partial charge in [-0.25, -0.2) is 9.97 Å². The normalized spacial score (nSPS) is 12.1. The quantitative estimate of drug-likeness (QED) is 0.395. The van der Waals surface area contributed by atoms with Crippen LogP contribution in [0, 0.1) is 0 Å². The van der Waals surface area contributed by atoms with Crippen LogP contribution in [-0.4, -0.2) is 31.9 Å². The molecular formula is C24H13BN4OS. The van der Waals surface area contributed by atoms with Crippen molar-refractivity contribution in [3.63, 3.8) is 0 Å². The number of imidazole rings is 2. The number of fused-ring (bicyclic) bond motifs is 8. The van der Waals surface area contributed by atoms with E-state index < -0.39 is 0 Å². The predicted molar refractivity (Wildman–Crippen MR) is 127 cm³/mol. The second-order valence-corrected chi connectivity index (χ2v) is 8.69. The van der Waals surface area contributed by atoms with Gasteiger partial charge in [-0.3, -0.25) is 8.97 Å². The van der Waals surface area contributed by atoms with E-state index in [1.165, 1.54) is 10.1 Å². The van der Waals surface area contributed by atoms with Gasteiger partial charge in [-0.2, -0.15) is 0 Å². The van der Waals surface area contributed by atoms with Crippen molar-refractivity contribution in [2.45, 2.75) is 0 Å². The van der Waals surface area contributed by atoms with Gasteiger partial charge in [-0.1, -0.05) is 35.8 Å². The zero-order valence-corrected chi connectivity index (χ0v) is 17.0. The Morgan fingerprint density at radius 1 is 0.839 bits per heavy atom. The van der Waals surface area contributed by atoms with Crippen LogP contribution in [0.5, 0.6) is 5.75 Å². The van der Waals surface area contributed by atoms with E-state index in [0.29, 0.717) is 11.2 Å². The number of thiophene rings is 1. The van der Waals surface area contributed by atoms with Crippen molar-refractivity contribution in [2.24, 2.45) is 0 Å². The lowest BCUT2D eigenvalue weighted by molar-refractivity contribution is 0.476. The molecule has 3 aromatic carbocycles. The molecule has 7 rings (SSSR count). The summed E-state index contributed by atoms with van der Waals surface area (Å²) in [7, 11) is 6.21. The number of aromatic nitrogens is 4. The Morgan fingerprint density at radius 2 is 1.74 bits per heavy atom. The Labute approximate surface area is 181 Å². The van der Waals surface area contributed by atoms with Crippen LogP contribution >= 0.6 is 11.3 Å². The Balaban J connectivity index is 1.64. The number of phenolic OH excluding ortho intramolecular Hbond substituents is 1. The van der Waals surface area contributed by atoms with Gasteiger partial charge in [0.15, 0.2) is 0 Å². The summed E-state index contributed by atoms with van der Waals surface area (Å²) < 4.78 is 6.44. The second kappa shape index (κ2) is 5.86. The molecule has 5 nitrogen and oxygen atoms in total. The molecule has 0 saturated carbocycles. The van der Waals surface area contributed by atoms with Crippen LogP contribution in [0.4, 0.5) is 0 Å². The topological polar surface area (TPSA) is 55.3 Å². The van der Waals surface area contributed by atoms with Crippen LogP contribution in [0.2, 0.25) is 0 Å². The highest BCUT2D eigenvalue weighted by Crippen LogP contribution is 2.36. The Kier molecular flexibility index (Phi) is 3.20. The second-order valence-electron chi connectivity index (χ2n) is 7.61. The van der Waals surface area contributed by atoms with Crippen LogP contribution in [0.3, 0.4) is 0 Å². The molecule has 0 aliphatic carbocycles. The number of hydrogen-bond donors (Lipinski definition) is 1. The largest absolute Gasteiger partial charge is 0.508 e. The molecule has 1 N–H and O–H groups in total. The summed E-state index contributed by atoms with van der Waals surface area (Å²) in [6.45, 7) is 0. The molecule has 0 aliphatic rings. The zero-order valence-electron chi connectivity index (χ0n) is 16.1. The van der Waals surface area contributed by atoms with Crippen molar-refractivity contribution in [2.75, 3.05) is 0 Å². The highest BCUT2D eigenvalue weighted by Gasteiger charge is 2.19. The van der Waals surface area contributed by atoms with Gasteiger partial charge in [0.05, 0.1) is 22.1 Å². The first-order chi connectivity index (χ1) is 15.2. The Hall–Kier alpha value is -3.84. The fourth-order valence-corrected chi connectivity index (χ4v) is 5.55. The zero-order chi connectivity index (χ0) is 20.7. The number of pyridine rings is 1. The average Bonchev–Trinajstić information content (AvgIpc) is 3.42. The Bertz CT molecular complexity index is 1830. The molecule has 0 unspecified atom stereocenters. The maximum Gasteiger partial charge on any atom is 0.221 e. The van der Waals surface area contributed by atoms with E-state index >= 15 is 0 Å². The molecule has 0 saturated heterocycles. The number of nitrogens with zero attached hydrogens (tertiary/aromatic N) is 4. The number of para-hydroxylation sites is 1. The molecule has 0 aliphatic heterocycles. The van der Waals surface area contributed by atoms with Gasteiger partial charge in [0.25, 0.3) is 0 Å². The van der Waals surface area contributed by atoms with Crippen molar-refractivity contribution in [3.05, 3.63) is 72.9 Å². The highest BCUT2D eigenvalue weighted by molar-refractivity contribution is 7.25. The van der Waals surface area contributed by atoms with Gasteiger partial charge in [0, 0.05) is 32.4 Å². The average molecular weight is 416 g/mol. The van der Waals surface area contributed by atoms with E-state index in [1.807, 2.05) is 35.0 Å². The molecule has 7 aromatic rings.